The lowest BCUT2D eigenvalue weighted by Crippen LogP contribution is -2.56. The lowest BCUT2D eigenvalue weighted by molar-refractivity contribution is -0.119. The molecule has 4 nitrogen and oxygen atoms in total. The summed E-state index contributed by atoms with van der Waals surface area (Å²) in [6, 6.07) is 0.267. The zero-order valence-corrected chi connectivity index (χ0v) is 13.3. The highest BCUT2D eigenvalue weighted by Gasteiger charge is 2.58. The number of nitrogens with zero attached hydrogens (tertiary/aromatic N) is 2. The van der Waals surface area contributed by atoms with E-state index < -0.39 is 0 Å². The van der Waals surface area contributed by atoms with Crippen LogP contribution in [0.25, 0.3) is 0 Å². The van der Waals surface area contributed by atoms with Gasteiger partial charge in [-0.2, -0.15) is 5.10 Å². The quantitative estimate of drug-likeness (QED) is 0.661. The van der Waals surface area contributed by atoms with Crippen LogP contribution < -0.4 is 11.3 Å². The van der Waals surface area contributed by atoms with Gasteiger partial charge in [-0.05, 0) is 68.1 Å². The number of hydrazine groups is 1. The van der Waals surface area contributed by atoms with Gasteiger partial charge in [0.05, 0.1) is 12.2 Å². The molecule has 0 aliphatic heterocycles. The number of rotatable bonds is 4. The van der Waals surface area contributed by atoms with E-state index in [1.807, 2.05) is 10.9 Å². The van der Waals surface area contributed by atoms with Crippen LogP contribution in [0.4, 0.5) is 0 Å². The highest BCUT2D eigenvalue weighted by molar-refractivity contribution is 5.19. The van der Waals surface area contributed by atoms with Gasteiger partial charge in [-0.1, -0.05) is 6.92 Å². The van der Waals surface area contributed by atoms with Crippen molar-refractivity contribution < 1.29 is 0 Å². The zero-order chi connectivity index (χ0) is 14.7. The predicted molar refractivity (Wildman–Crippen MR) is 83.2 cm³/mol. The van der Waals surface area contributed by atoms with Crippen molar-refractivity contribution in [2.75, 3.05) is 0 Å². The highest BCUT2D eigenvalue weighted by atomic mass is 15.3. The van der Waals surface area contributed by atoms with E-state index in [1.54, 1.807) is 0 Å². The molecule has 3 N–H and O–H groups in total. The maximum atomic E-state index is 6.03. The molecule has 4 aliphatic carbocycles. The molecular weight excluding hydrogens is 260 g/mol. The fourth-order valence-corrected chi connectivity index (χ4v) is 6.46. The standard InChI is InChI=1S/C17H28N4/c1-3-21-10-14(9-19-21)15(20-18)17-7-12-4-13(8-17)6-16(2,5-12)11-17/h9-10,12-13,15,20H,3-8,11,18H2,1-2H3. The van der Waals surface area contributed by atoms with Gasteiger partial charge in [0.15, 0.2) is 0 Å². The summed E-state index contributed by atoms with van der Waals surface area (Å²) in [5, 5.41) is 4.47. The van der Waals surface area contributed by atoms with Gasteiger partial charge in [0, 0.05) is 18.3 Å². The van der Waals surface area contributed by atoms with Crippen molar-refractivity contribution in [2.45, 2.75) is 65.0 Å². The van der Waals surface area contributed by atoms with Crippen LogP contribution in [0.3, 0.4) is 0 Å². The minimum atomic E-state index is 0.267. The van der Waals surface area contributed by atoms with Crippen LogP contribution in [0, 0.1) is 22.7 Å². The number of aryl methyl sites for hydroxylation is 1. The SMILES string of the molecule is CCn1cc(C(NN)C23CC4CC(CC(C)(C4)C2)C3)cn1. The lowest BCUT2D eigenvalue weighted by atomic mass is 9.43. The molecule has 116 valence electrons. The van der Waals surface area contributed by atoms with Gasteiger partial charge in [0.2, 0.25) is 0 Å². The summed E-state index contributed by atoms with van der Waals surface area (Å²) in [7, 11) is 0. The van der Waals surface area contributed by atoms with Gasteiger partial charge in [-0.25, -0.2) is 0 Å². The first-order valence-corrected chi connectivity index (χ1v) is 8.54. The van der Waals surface area contributed by atoms with Crippen LogP contribution in [0.2, 0.25) is 0 Å². The van der Waals surface area contributed by atoms with Crippen molar-refractivity contribution in [1.29, 1.82) is 0 Å². The molecule has 3 unspecified atom stereocenters. The molecular formula is C17H28N4. The Morgan fingerprint density at radius 2 is 2.10 bits per heavy atom. The second-order valence-electron chi connectivity index (χ2n) is 8.36. The summed E-state index contributed by atoms with van der Waals surface area (Å²) in [6.07, 6.45) is 12.6. The summed E-state index contributed by atoms with van der Waals surface area (Å²) in [6.45, 7) is 5.57. The first-order valence-electron chi connectivity index (χ1n) is 8.54. The van der Waals surface area contributed by atoms with Crippen LogP contribution in [0.5, 0.6) is 0 Å². The fraction of sp³-hybridized carbons (Fsp3) is 0.824. The number of hydrogen-bond donors (Lipinski definition) is 2. The minimum absolute atomic E-state index is 0.267. The minimum Gasteiger partial charge on any atom is -0.273 e. The molecule has 4 bridgehead atoms. The molecule has 3 atom stereocenters. The van der Waals surface area contributed by atoms with Crippen molar-refractivity contribution in [1.82, 2.24) is 15.2 Å². The molecule has 4 aliphatic rings. The third-order valence-corrected chi connectivity index (χ3v) is 6.49. The molecule has 0 aromatic carbocycles. The molecule has 0 spiro atoms. The summed E-state index contributed by atoms with van der Waals surface area (Å²) in [5.74, 6) is 7.88. The van der Waals surface area contributed by atoms with Crippen LogP contribution in [-0.4, -0.2) is 9.78 Å². The van der Waals surface area contributed by atoms with E-state index in [-0.39, 0.29) is 6.04 Å². The van der Waals surface area contributed by atoms with Gasteiger partial charge in [-0.15, -0.1) is 0 Å². The molecule has 0 radical (unpaired) electrons. The third kappa shape index (κ3) is 2.07. The second-order valence-corrected chi connectivity index (χ2v) is 8.36. The number of aromatic nitrogens is 2. The van der Waals surface area contributed by atoms with Gasteiger partial charge in [0.1, 0.15) is 0 Å². The third-order valence-electron chi connectivity index (χ3n) is 6.49. The summed E-state index contributed by atoms with van der Waals surface area (Å²) < 4.78 is 2.02. The Morgan fingerprint density at radius 3 is 2.62 bits per heavy atom. The average molecular weight is 288 g/mol. The van der Waals surface area contributed by atoms with Gasteiger partial charge < -0.3 is 0 Å². The first-order chi connectivity index (χ1) is 10.1. The van der Waals surface area contributed by atoms with E-state index in [9.17, 15) is 0 Å². The molecule has 4 heteroatoms. The molecule has 0 saturated heterocycles. The number of hydrogen-bond acceptors (Lipinski definition) is 3. The number of nitrogens with two attached hydrogens (primary N) is 1. The van der Waals surface area contributed by atoms with Crippen molar-refractivity contribution in [3.63, 3.8) is 0 Å². The largest absolute Gasteiger partial charge is 0.273 e. The Labute approximate surface area is 127 Å². The molecule has 1 aromatic heterocycles. The maximum Gasteiger partial charge on any atom is 0.0547 e. The molecule has 5 rings (SSSR count). The summed E-state index contributed by atoms with van der Waals surface area (Å²) >= 11 is 0. The predicted octanol–water partition coefficient (Wildman–Crippen LogP) is 3.01. The fourth-order valence-electron chi connectivity index (χ4n) is 6.46. The van der Waals surface area contributed by atoms with Crippen molar-refractivity contribution in [3.8, 4) is 0 Å². The van der Waals surface area contributed by atoms with Crippen molar-refractivity contribution >= 4 is 0 Å². The first kappa shape index (κ1) is 13.8. The Morgan fingerprint density at radius 1 is 1.38 bits per heavy atom. The molecule has 4 saturated carbocycles. The molecule has 1 aromatic rings. The van der Waals surface area contributed by atoms with E-state index in [4.69, 9.17) is 5.84 Å². The smallest absolute Gasteiger partial charge is 0.0547 e. The lowest BCUT2D eigenvalue weighted by Gasteiger charge is -2.63. The normalized spacial score (nSPS) is 42.4. The second kappa shape index (κ2) is 4.56. The molecule has 1 heterocycles. The van der Waals surface area contributed by atoms with Crippen LogP contribution in [0.15, 0.2) is 12.4 Å². The average Bonchev–Trinajstić information content (AvgIpc) is 2.84. The molecule has 4 fully saturated rings. The Balaban J connectivity index is 1.69. The van der Waals surface area contributed by atoms with Crippen LogP contribution in [0.1, 0.15) is 64.0 Å². The van der Waals surface area contributed by atoms with Gasteiger partial charge in [-0.3, -0.25) is 16.0 Å². The van der Waals surface area contributed by atoms with E-state index in [0.717, 1.165) is 18.4 Å². The molecule has 0 amide bonds. The number of nitrogens with one attached hydrogen (secondary N) is 1. The Kier molecular flexibility index (Phi) is 2.99. The van der Waals surface area contributed by atoms with E-state index in [0.29, 0.717) is 10.8 Å². The van der Waals surface area contributed by atoms with Gasteiger partial charge in [0.25, 0.3) is 0 Å². The monoisotopic (exact) mass is 288 g/mol. The van der Waals surface area contributed by atoms with E-state index >= 15 is 0 Å². The maximum absolute atomic E-state index is 6.03. The van der Waals surface area contributed by atoms with Gasteiger partial charge >= 0.3 is 0 Å². The highest BCUT2D eigenvalue weighted by Crippen LogP contribution is 2.68. The van der Waals surface area contributed by atoms with Crippen LogP contribution in [-0.2, 0) is 6.54 Å². The summed E-state index contributed by atoms with van der Waals surface area (Å²) in [5.41, 5.74) is 5.37. The van der Waals surface area contributed by atoms with Crippen molar-refractivity contribution in [2.24, 2.45) is 28.5 Å². The topological polar surface area (TPSA) is 55.9 Å². The zero-order valence-electron chi connectivity index (χ0n) is 13.3. The summed E-state index contributed by atoms with van der Waals surface area (Å²) in [4.78, 5) is 0. The van der Waals surface area contributed by atoms with Crippen LogP contribution >= 0.6 is 0 Å². The molecule has 21 heavy (non-hydrogen) atoms. The van der Waals surface area contributed by atoms with E-state index in [1.165, 1.54) is 44.1 Å². The van der Waals surface area contributed by atoms with E-state index in [2.05, 4.69) is 30.6 Å². The Bertz CT molecular complexity index is 521. The Hall–Kier alpha value is -0.870. The van der Waals surface area contributed by atoms with Crippen molar-refractivity contribution in [3.05, 3.63) is 18.0 Å².